The Balaban J connectivity index is 2.13. The Morgan fingerprint density at radius 1 is 1.57 bits per heavy atom. The maximum atomic E-state index is 8.65. The molecule has 0 aromatic heterocycles. The summed E-state index contributed by atoms with van der Waals surface area (Å²) >= 11 is 2.08. The first-order valence-electron chi connectivity index (χ1n) is 5.50. The SMILES string of the molecule is CCSC1CCC(NCC(C)C#N)C1. The van der Waals surface area contributed by atoms with Crippen molar-refractivity contribution in [2.75, 3.05) is 12.3 Å². The lowest BCUT2D eigenvalue weighted by Crippen LogP contribution is -2.30. The molecule has 1 rings (SSSR count). The summed E-state index contributed by atoms with van der Waals surface area (Å²) in [6.07, 6.45) is 3.92. The van der Waals surface area contributed by atoms with Gasteiger partial charge in [-0.3, -0.25) is 0 Å². The summed E-state index contributed by atoms with van der Waals surface area (Å²) in [5, 5.41) is 13.0. The largest absolute Gasteiger partial charge is 0.313 e. The van der Waals surface area contributed by atoms with Crippen molar-refractivity contribution in [1.82, 2.24) is 5.32 Å². The normalized spacial score (nSPS) is 28.6. The van der Waals surface area contributed by atoms with Gasteiger partial charge in [-0.05, 0) is 31.9 Å². The summed E-state index contributed by atoms with van der Waals surface area (Å²) in [6, 6.07) is 2.92. The molecule has 0 radical (unpaired) electrons. The highest BCUT2D eigenvalue weighted by molar-refractivity contribution is 7.99. The first kappa shape index (κ1) is 11.9. The van der Waals surface area contributed by atoms with Gasteiger partial charge in [0.15, 0.2) is 0 Å². The first-order chi connectivity index (χ1) is 6.76. The van der Waals surface area contributed by atoms with Gasteiger partial charge in [-0.2, -0.15) is 17.0 Å². The van der Waals surface area contributed by atoms with E-state index in [-0.39, 0.29) is 5.92 Å². The standard InChI is InChI=1S/C11H20N2S/c1-3-14-11-5-4-10(6-11)13-8-9(2)7-12/h9-11,13H,3-6,8H2,1-2H3. The second-order valence-electron chi connectivity index (χ2n) is 4.03. The molecule has 0 saturated heterocycles. The Morgan fingerprint density at radius 2 is 2.36 bits per heavy atom. The minimum Gasteiger partial charge on any atom is -0.313 e. The predicted octanol–water partition coefficient (Wildman–Crippen LogP) is 2.41. The van der Waals surface area contributed by atoms with E-state index in [0.717, 1.165) is 11.8 Å². The zero-order chi connectivity index (χ0) is 10.4. The van der Waals surface area contributed by atoms with Crippen LogP contribution in [0.2, 0.25) is 0 Å². The van der Waals surface area contributed by atoms with E-state index in [1.165, 1.54) is 25.0 Å². The zero-order valence-electron chi connectivity index (χ0n) is 9.12. The van der Waals surface area contributed by atoms with E-state index in [2.05, 4.69) is 30.1 Å². The Kier molecular flexibility index (Phi) is 5.36. The fourth-order valence-electron chi connectivity index (χ4n) is 1.90. The van der Waals surface area contributed by atoms with Gasteiger partial charge >= 0.3 is 0 Å². The van der Waals surface area contributed by atoms with E-state index in [9.17, 15) is 0 Å². The number of thioether (sulfide) groups is 1. The molecule has 14 heavy (non-hydrogen) atoms. The van der Waals surface area contributed by atoms with Crippen molar-refractivity contribution in [3.63, 3.8) is 0 Å². The van der Waals surface area contributed by atoms with E-state index < -0.39 is 0 Å². The molecule has 1 saturated carbocycles. The highest BCUT2D eigenvalue weighted by Crippen LogP contribution is 2.29. The third-order valence-corrected chi connectivity index (χ3v) is 3.95. The molecular formula is C11H20N2S. The topological polar surface area (TPSA) is 35.8 Å². The molecule has 0 aromatic carbocycles. The van der Waals surface area contributed by atoms with Crippen molar-refractivity contribution in [2.45, 2.75) is 44.4 Å². The van der Waals surface area contributed by atoms with E-state index in [1.54, 1.807) is 0 Å². The van der Waals surface area contributed by atoms with Crippen LogP contribution in [0.25, 0.3) is 0 Å². The van der Waals surface area contributed by atoms with Crippen LogP contribution in [0.1, 0.15) is 33.1 Å². The highest BCUT2D eigenvalue weighted by Gasteiger charge is 2.24. The fourth-order valence-corrected chi connectivity index (χ4v) is 3.04. The van der Waals surface area contributed by atoms with Crippen molar-refractivity contribution in [3.05, 3.63) is 0 Å². The van der Waals surface area contributed by atoms with Crippen LogP contribution in [0.4, 0.5) is 0 Å². The van der Waals surface area contributed by atoms with Gasteiger partial charge in [0, 0.05) is 17.8 Å². The molecule has 0 spiro atoms. The summed E-state index contributed by atoms with van der Waals surface area (Å²) in [6.45, 7) is 5.05. The fraction of sp³-hybridized carbons (Fsp3) is 0.909. The number of hydrogen-bond donors (Lipinski definition) is 1. The van der Waals surface area contributed by atoms with Crippen molar-refractivity contribution < 1.29 is 0 Å². The van der Waals surface area contributed by atoms with Crippen molar-refractivity contribution >= 4 is 11.8 Å². The van der Waals surface area contributed by atoms with Gasteiger partial charge in [-0.15, -0.1) is 0 Å². The Labute approximate surface area is 91.4 Å². The summed E-state index contributed by atoms with van der Waals surface area (Å²) in [4.78, 5) is 0. The smallest absolute Gasteiger partial charge is 0.0666 e. The van der Waals surface area contributed by atoms with Crippen LogP contribution in [0.15, 0.2) is 0 Å². The monoisotopic (exact) mass is 212 g/mol. The minimum absolute atomic E-state index is 0.146. The van der Waals surface area contributed by atoms with Gasteiger partial charge < -0.3 is 5.32 Å². The molecule has 0 aliphatic heterocycles. The van der Waals surface area contributed by atoms with Crippen LogP contribution in [0.5, 0.6) is 0 Å². The third-order valence-electron chi connectivity index (χ3n) is 2.72. The summed E-state index contributed by atoms with van der Waals surface area (Å²) in [5.74, 6) is 1.37. The molecule has 0 amide bonds. The van der Waals surface area contributed by atoms with Gasteiger partial charge in [0.25, 0.3) is 0 Å². The second-order valence-corrected chi connectivity index (χ2v) is 5.60. The van der Waals surface area contributed by atoms with Crippen LogP contribution < -0.4 is 5.32 Å². The van der Waals surface area contributed by atoms with Crippen LogP contribution in [0.3, 0.4) is 0 Å². The molecule has 3 heteroatoms. The van der Waals surface area contributed by atoms with E-state index >= 15 is 0 Å². The lowest BCUT2D eigenvalue weighted by atomic mass is 10.2. The predicted molar refractivity (Wildman–Crippen MR) is 62.3 cm³/mol. The van der Waals surface area contributed by atoms with Gasteiger partial charge in [-0.25, -0.2) is 0 Å². The van der Waals surface area contributed by atoms with Crippen LogP contribution in [-0.4, -0.2) is 23.6 Å². The number of nitriles is 1. The number of nitrogens with zero attached hydrogens (tertiary/aromatic N) is 1. The quantitative estimate of drug-likeness (QED) is 0.760. The molecule has 80 valence electrons. The molecular weight excluding hydrogens is 192 g/mol. The lowest BCUT2D eigenvalue weighted by molar-refractivity contribution is 0.493. The number of nitrogens with one attached hydrogen (secondary N) is 1. The lowest BCUT2D eigenvalue weighted by Gasteiger charge is -2.13. The molecule has 1 aliphatic carbocycles. The highest BCUT2D eigenvalue weighted by atomic mass is 32.2. The maximum absolute atomic E-state index is 8.65. The first-order valence-corrected chi connectivity index (χ1v) is 6.55. The molecule has 1 fully saturated rings. The molecule has 2 nitrogen and oxygen atoms in total. The van der Waals surface area contributed by atoms with Gasteiger partial charge in [0.05, 0.1) is 12.0 Å². The molecule has 3 unspecified atom stereocenters. The van der Waals surface area contributed by atoms with Gasteiger partial charge in [0.2, 0.25) is 0 Å². The summed E-state index contributed by atoms with van der Waals surface area (Å²) in [7, 11) is 0. The van der Waals surface area contributed by atoms with E-state index in [1.807, 2.05) is 6.92 Å². The Hall–Kier alpha value is -0.200. The second kappa shape index (κ2) is 6.31. The molecule has 3 atom stereocenters. The number of rotatable bonds is 5. The van der Waals surface area contributed by atoms with Crippen LogP contribution in [0, 0.1) is 17.2 Å². The minimum atomic E-state index is 0.146. The zero-order valence-corrected chi connectivity index (χ0v) is 9.94. The van der Waals surface area contributed by atoms with Crippen LogP contribution >= 0.6 is 11.8 Å². The summed E-state index contributed by atoms with van der Waals surface area (Å²) in [5.41, 5.74) is 0. The molecule has 1 N–H and O–H groups in total. The molecule has 0 heterocycles. The average molecular weight is 212 g/mol. The Bertz CT molecular complexity index is 200. The van der Waals surface area contributed by atoms with E-state index in [0.29, 0.717) is 6.04 Å². The molecule has 1 aliphatic rings. The Morgan fingerprint density at radius 3 is 3.00 bits per heavy atom. The molecule has 0 bridgehead atoms. The maximum Gasteiger partial charge on any atom is 0.0666 e. The van der Waals surface area contributed by atoms with Crippen molar-refractivity contribution in [1.29, 1.82) is 5.26 Å². The van der Waals surface area contributed by atoms with Gasteiger partial charge in [0.1, 0.15) is 0 Å². The summed E-state index contributed by atoms with van der Waals surface area (Å²) < 4.78 is 0. The third kappa shape index (κ3) is 3.89. The van der Waals surface area contributed by atoms with Crippen LogP contribution in [-0.2, 0) is 0 Å². The van der Waals surface area contributed by atoms with Gasteiger partial charge in [-0.1, -0.05) is 6.92 Å². The van der Waals surface area contributed by atoms with Crippen molar-refractivity contribution in [3.8, 4) is 6.07 Å². The molecule has 0 aromatic rings. The number of hydrogen-bond acceptors (Lipinski definition) is 3. The average Bonchev–Trinajstić information content (AvgIpc) is 2.63. The van der Waals surface area contributed by atoms with Crippen molar-refractivity contribution in [2.24, 2.45) is 5.92 Å². The van der Waals surface area contributed by atoms with E-state index in [4.69, 9.17) is 5.26 Å².